The molecule has 2 aromatic rings. The van der Waals surface area contributed by atoms with Gasteiger partial charge in [-0.25, -0.2) is 4.79 Å². The molecule has 7 nitrogen and oxygen atoms in total. The number of hydrogen-bond donors (Lipinski definition) is 5. The first-order chi connectivity index (χ1) is 10.9. The summed E-state index contributed by atoms with van der Waals surface area (Å²) in [4.78, 5) is 11.9. The Hall–Kier alpha value is -2.03. The number of aliphatic hydroxyl groups excluding tert-OH is 4. The van der Waals surface area contributed by atoms with Crippen molar-refractivity contribution in [1.29, 1.82) is 0 Å². The lowest BCUT2D eigenvalue weighted by molar-refractivity contribution is -0.319. The number of hydrogen-bond acceptors (Lipinski definition) is 6. The van der Waals surface area contributed by atoms with Gasteiger partial charge >= 0.3 is 5.97 Å². The van der Waals surface area contributed by atoms with Crippen molar-refractivity contribution in [1.82, 2.24) is 0 Å². The Kier molecular flexibility index (Phi) is 3.83. The van der Waals surface area contributed by atoms with Gasteiger partial charge in [-0.15, -0.1) is 0 Å². The molecule has 0 spiro atoms. The van der Waals surface area contributed by atoms with Crippen LogP contribution in [0.1, 0.15) is 5.56 Å². The molecule has 4 unspecified atom stereocenters. The number of rotatable bonds is 2. The van der Waals surface area contributed by atoms with Crippen LogP contribution < -0.4 is 0 Å². The van der Waals surface area contributed by atoms with Crippen LogP contribution in [0.4, 0.5) is 0 Å². The molecular formula is C16H16O7. The second-order valence-electron chi connectivity index (χ2n) is 5.50. The van der Waals surface area contributed by atoms with E-state index < -0.39 is 36.2 Å². The van der Waals surface area contributed by atoms with E-state index in [2.05, 4.69) is 0 Å². The van der Waals surface area contributed by atoms with Gasteiger partial charge in [0.05, 0.1) is 0 Å². The third-order valence-corrected chi connectivity index (χ3v) is 4.20. The summed E-state index contributed by atoms with van der Waals surface area (Å²) < 4.78 is 5.12. The molecule has 5 atom stereocenters. The molecular weight excluding hydrogens is 304 g/mol. The quantitative estimate of drug-likeness (QED) is 0.507. The van der Waals surface area contributed by atoms with Gasteiger partial charge in [-0.05, 0) is 10.8 Å². The zero-order valence-electron chi connectivity index (χ0n) is 11.9. The fourth-order valence-electron chi connectivity index (χ4n) is 2.99. The number of carboxylic acid groups (broad SMARTS) is 1. The highest BCUT2D eigenvalue weighted by Crippen LogP contribution is 2.41. The van der Waals surface area contributed by atoms with Crippen molar-refractivity contribution in [3.8, 4) is 0 Å². The average molecular weight is 320 g/mol. The lowest BCUT2D eigenvalue weighted by atomic mass is 9.79. The molecule has 2 aromatic carbocycles. The molecule has 0 aromatic heterocycles. The topological polar surface area (TPSA) is 127 Å². The Morgan fingerprint density at radius 3 is 2.30 bits per heavy atom. The van der Waals surface area contributed by atoms with Gasteiger partial charge in [-0.2, -0.15) is 0 Å². The summed E-state index contributed by atoms with van der Waals surface area (Å²) in [6.07, 6.45) is -7.62. The Morgan fingerprint density at radius 2 is 1.61 bits per heavy atom. The van der Waals surface area contributed by atoms with Gasteiger partial charge < -0.3 is 30.3 Å². The van der Waals surface area contributed by atoms with Crippen LogP contribution in [-0.2, 0) is 15.1 Å². The normalized spacial score (nSPS) is 34.4. The van der Waals surface area contributed by atoms with Crippen LogP contribution in [0.25, 0.3) is 10.8 Å². The first-order valence-corrected chi connectivity index (χ1v) is 7.01. The van der Waals surface area contributed by atoms with Crippen LogP contribution in [0, 0.1) is 0 Å². The van der Waals surface area contributed by atoms with Crippen molar-refractivity contribution in [3.05, 3.63) is 48.0 Å². The summed E-state index contributed by atoms with van der Waals surface area (Å²) in [5.41, 5.74) is -2.32. The van der Waals surface area contributed by atoms with Crippen LogP contribution in [0.2, 0.25) is 0 Å². The van der Waals surface area contributed by atoms with Gasteiger partial charge in [0.25, 0.3) is 0 Å². The van der Waals surface area contributed by atoms with Crippen LogP contribution in [0.5, 0.6) is 0 Å². The largest absolute Gasteiger partial charge is 0.479 e. The minimum absolute atomic E-state index is 0.0839. The van der Waals surface area contributed by atoms with Gasteiger partial charge in [0.15, 0.2) is 6.29 Å². The summed E-state index contributed by atoms with van der Waals surface area (Å²) in [7, 11) is 0. The second kappa shape index (κ2) is 5.55. The van der Waals surface area contributed by atoms with E-state index in [1.165, 1.54) is 6.07 Å². The lowest BCUT2D eigenvalue weighted by Crippen LogP contribution is -2.65. The van der Waals surface area contributed by atoms with Gasteiger partial charge in [0, 0.05) is 5.56 Å². The van der Waals surface area contributed by atoms with Gasteiger partial charge in [-0.1, -0.05) is 42.5 Å². The first-order valence-electron chi connectivity index (χ1n) is 7.01. The maximum atomic E-state index is 11.9. The molecule has 23 heavy (non-hydrogen) atoms. The van der Waals surface area contributed by atoms with E-state index in [0.29, 0.717) is 10.8 Å². The number of ether oxygens (including phenoxy) is 1. The fourth-order valence-corrected chi connectivity index (χ4v) is 2.99. The molecule has 1 aliphatic heterocycles. The number of benzene rings is 2. The van der Waals surface area contributed by atoms with E-state index in [0.717, 1.165) is 0 Å². The van der Waals surface area contributed by atoms with Crippen LogP contribution >= 0.6 is 0 Å². The third-order valence-electron chi connectivity index (χ3n) is 4.20. The maximum Gasteiger partial charge on any atom is 0.343 e. The number of carboxylic acids is 1. The molecule has 3 rings (SSSR count). The van der Waals surface area contributed by atoms with Gasteiger partial charge in [0.2, 0.25) is 5.60 Å². The van der Waals surface area contributed by atoms with Gasteiger partial charge in [-0.3, -0.25) is 0 Å². The fraction of sp³-hybridized carbons (Fsp3) is 0.312. The molecule has 0 aliphatic carbocycles. The third kappa shape index (κ3) is 2.21. The highest BCUT2D eigenvalue weighted by molar-refractivity contribution is 5.92. The standard InChI is InChI=1S/C16H16O7/c17-11-12(18)14(20)23-16(13(11)19,15(21)22)10-7-3-5-8-4-1-2-6-9(8)10/h1-7,11-14,17-20H,(H,21,22)/t11?,12?,13?,14?,16-/m0/s1. The van der Waals surface area contributed by atoms with Crippen molar-refractivity contribution >= 4 is 16.7 Å². The lowest BCUT2D eigenvalue weighted by Gasteiger charge is -2.45. The van der Waals surface area contributed by atoms with Crippen molar-refractivity contribution in [2.24, 2.45) is 0 Å². The number of aliphatic carboxylic acids is 1. The van der Waals surface area contributed by atoms with Crippen molar-refractivity contribution in [2.45, 2.75) is 30.2 Å². The smallest absolute Gasteiger partial charge is 0.343 e. The molecule has 122 valence electrons. The molecule has 1 heterocycles. The minimum Gasteiger partial charge on any atom is -0.479 e. The molecule has 0 bridgehead atoms. The number of carbonyl (C=O) groups is 1. The summed E-state index contributed by atoms with van der Waals surface area (Å²) in [6, 6.07) is 11.6. The van der Waals surface area contributed by atoms with Crippen molar-refractivity contribution < 1.29 is 35.1 Å². The van der Waals surface area contributed by atoms with Crippen molar-refractivity contribution in [3.63, 3.8) is 0 Å². The van der Waals surface area contributed by atoms with Crippen LogP contribution in [0.3, 0.4) is 0 Å². The summed E-state index contributed by atoms with van der Waals surface area (Å²) in [5, 5.41) is 50.6. The zero-order valence-corrected chi connectivity index (χ0v) is 11.9. The van der Waals surface area contributed by atoms with E-state index in [1.807, 2.05) is 0 Å². The second-order valence-corrected chi connectivity index (χ2v) is 5.50. The SMILES string of the molecule is O=C(O)[C@@]1(c2cccc3ccccc23)OC(O)C(O)C(O)C1O. The Labute approximate surface area is 131 Å². The van der Waals surface area contributed by atoms with E-state index in [-0.39, 0.29) is 5.56 Å². The molecule has 0 radical (unpaired) electrons. The summed E-state index contributed by atoms with van der Waals surface area (Å²) >= 11 is 0. The molecule has 1 aliphatic rings. The predicted octanol–water partition coefficient (Wildman–Crippen LogP) is -0.449. The number of fused-ring (bicyclic) bond motifs is 1. The Balaban J connectivity index is 2.28. The minimum atomic E-state index is -2.40. The van der Waals surface area contributed by atoms with Crippen molar-refractivity contribution in [2.75, 3.05) is 0 Å². The van der Waals surface area contributed by atoms with Crippen LogP contribution in [-0.4, -0.2) is 56.1 Å². The highest BCUT2D eigenvalue weighted by Gasteiger charge is 2.59. The highest BCUT2D eigenvalue weighted by atomic mass is 16.7. The summed E-state index contributed by atoms with van der Waals surface area (Å²) in [6.45, 7) is 0. The molecule has 1 fully saturated rings. The van der Waals surface area contributed by atoms with E-state index >= 15 is 0 Å². The monoisotopic (exact) mass is 320 g/mol. The molecule has 1 saturated heterocycles. The first kappa shape index (κ1) is 15.9. The van der Waals surface area contributed by atoms with E-state index in [4.69, 9.17) is 4.74 Å². The predicted molar refractivity (Wildman–Crippen MR) is 78.4 cm³/mol. The van der Waals surface area contributed by atoms with Crippen LogP contribution in [0.15, 0.2) is 42.5 Å². The van der Waals surface area contributed by atoms with E-state index in [9.17, 15) is 30.3 Å². The number of aliphatic hydroxyl groups is 4. The van der Waals surface area contributed by atoms with E-state index in [1.54, 1.807) is 36.4 Å². The molecule has 0 amide bonds. The Morgan fingerprint density at radius 1 is 0.957 bits per heavy atom. The molecule has 7 heteroatoms. The average Bonchev–Trinajstić information content (AvgIpc) is 2.55. The maximum absolute atomic E-state index is 11.9. The zero-order chi connectivity index (χ0) is 16.8. The summed E-state index contributed by atoms with van der Waals surface area (Å²) in [5.74, 6) is -1.58. The Bertz CT molecular complexity index is 741. The molecule has 0 saturated carbocycles. The molecule has 5 N–H and O–H groups in total. The van der Waals surface area contributed by atoms with Gasteiger partial charge in [0.1, 0.15) is 18.3 Å².